The van der Waals surface area contributed by atoms with Crippen molar-refractivity contribution in [1.29, 1.82) is 0 Å². The maximum Gasteiger partial charge on any atom is 0.338 e. The minimum atomic E-state index is -0.154. The number of rotatable bonds is 2. The Bertz CT molecular complexity index is 654. The molecule has 4 bridgehead atoms. The standard InChI is InChI=1S/C21H25BrO2/c22-17-6-3-14(4-7-17)20(23)24-21-10-9-13-1-8-18(19(21)11-13)15-2-5-16(21)12-15/h3-4,6-7,13,15-16,18-19H,1-2,5,8-12H2/t13-,15+,16+,18+,19-,21+/m1/s1. The number of carbonyl (C=O) groups excluding carboxylic acids is 1. The molecule has 0 aromatic heterocycles. The highest BCUT2D eigenvalue weighted by molar-refractivity contribution is 9.10. The average molecular weight is 389 g/mol. The summed E-state index contributed by atoms with van der Waals surface area (Å²) in [5.41, 5.74) is 0.542. The van der Waals surface area contributed by atoms with Crippen molar-refractivity contribution in [3.05, 3.63) is 34.3 Å². The number of esters is 1. The minimum Gasteiger partial charge on any atom is -0.455 e. The average Bonchev–Trinajstić information content (AvgIpc) is 3.04. The first kappa shape index (κ1) is 15.4. The molecule has 0 heterocycles. The lowest BCUT2D eigenvalue weighted by Gasteiger charge is -2.58. The summed E-state index contributed by atoms with van der Waals surface area (Å²) >= 11 is 3.44. The zero-order chi connectivity index (χ0) is 16.3. The first-order valence-corrected chi connectivity index (χ1v) is 10.4. The second kappa shape index (κ2) is 5.59. The molecule has 128 valence electrons. The van der Waals surface area contributed by atoms with Crippen LogP contribution in [-0.2, 0) is 4.74 Å². The number of hydrogen-bond donors (Lipinski definition) is 0. The van der Waals surface area contributed by atoms with E-state index in [2.05, 4.69) is 15.9 Å². The van der Waals surface area contributed by atoms with Crippen LogP contribution >= 0.6 is 15.9 Å². The third-order valence-electron chi connectivity index (χ3n) is 7.72. The fraction of sp³-hybridized carbons (Fsp3) is 0.667. The number of carbonyl (C=O) groups is 1. The molecule has 0 unspecified atom stereocenters. The summed E-state index contributed by atoms with van der Waals surface area (Å²) in [4.78, 5) is 12.9. The fourth-order valence-corrected chi connectivity index (χ4v) is 6.93. The van der Waals surface area contributed by atoms with Gasteiger partial charge >= 0.3 is 5.97 Å². The molecule has 5 rings (SSSR count). The molecule has 0 N–H and O–H groups in total. The van der Waals surface area contributed by atoms with Crippen molar-refractivity contribution in [3.8, 4) is 0 Å². The fourth-order valence-electron chi connectivity index (χ4n) is 6.67. The number of benzene rings is 1. The lowest BCUT2D eigenvalue weighted by atomic mass is 9.51. The lowest BCUT2D eigenvalue weighted by molar-refractivity contribution is -0.167. The van der Waals surface area contributed by atoms with E-state index in [1.807, 2.05) is 24.3 Å². The Morgan fingerprint density at radius 2 is 1.88 bits per heavy atom. The second-order valence-corrected chi connectivity index (χ2v) is 9.53. The zero-order valence-electron chi connectivity index (χ0n) is 14.0. The van der Waals surface area contributed by atoms with Gasteiger partial charge in [-0.25, -0.2) is 4.79 Å². The molecule has 6 atom stereocenters. The highest BCUT2D eigenvalue weighted by atomic mass is 79.9. The molecule has 4 saturated carbocycles. The van der Waals surface area contributed by atoms with Crippen molar-refractivity contribution >= 4 is 21.9 Å². The highest BCUT2D eigenvalue weighted by Gasteiger charge is 2.62. The molecule has 0 aliphatic heterocycles. The molecule has 24 heavy (non-hydrogen) atoms. The molecular weight excluding hydrogens is 364 g/mol. The lowest BCUT2D eigenvalue weighted by Crippen LogP contribution is -2.58. The summed E-state index contributed by atoms with van der Waals surface area (Å²) in [6, 6.07) is 7.63. The van der Waals surface area contributed by atoms with Gasteiger partial charge in [0.25, 0.3) is 0 Å². The van der Waals surface area contributed by atoms with E-state index in [0.717, 1.165) is 28.6 Å². The first-order valence-electron chi connectivity index (χ1n) is 9.64. The van der Waals surface area contributed by atoms with E-state index in [1.54, 1.807) is 0 Å². The van der Waals surface area contributed by atoms with Crippen molar-refractivity contribution in [2.75, 3.05) is 0 Å². The van der Waals surface area contributed by atoms with E-state index in [-0.39, 0.29) is 11.6 Å². The Morgan fingerprint density at radius 1 is 1.04 bits per heavy atom. The van der Waals surface area contributed by atoms with Gasteiger partial charge in [0.2, 0.25) is 0 Å². The van der Waals surface area contributed by atoms with Crippen molar-refractivity contribution in [2.45, 2.75) is 57.0 Å². The van der Waals surface area contributed by atoms with Gasteiger partial charge in [0.15, 0.2) is 0 Å². The number of halogens is 1. The number of fused-ring (bicyclic) bond motifs is 5. The molecule has 1 aromatic rings. The van der Waals surface area contributed by atoms with Crippen LogP contribution in [0.15, 0.2) is 28.7 Å². The third kappa shape index (κ3) is 2.23. The Balaban J connectivity index is 1.47. The van der Waals surface area contributed by atoms with E-state index in [0.29, 0.717) is 17.4 Å². The van der Waals surface area contributed by atoms with Crippen LogP contribution < -0.4 is 0 Å². The largest absolute Gasteiger partial charge is 0.455 e. The van der Waals surface area contributed by atoms with Crippen LogP contribution in [0.5, 0.6) is 0 Å². The monoisotopic (exact) mass is 388 g/mol. The van der Waals surface area contributed by atoms with Gasteiger partial charge in [0.05, 0.1) is 5.56 Å². The Morgan fingerprint density at radius 3 is 2.71 bits per heavy atom. The van der Waals surface area contributed by atoms with Crippen molar-refractivity contribution in [3.63, 3.8) is 0 Å². The number of ether oxygens (including phenoxy) is 1. The van der Waals surface area contributed by atoms with Crippen molar-refractivity contribution in [1.82, 2.24) is 0 Å². The van der Waals surface area contributed by atoms with Crippen LogP contribution in [0.25, 0.3) is 0 Å². The molecule has 4 aliphatic rings. The van der Waals surface area contributed by atoms with Crippen LogP contribution in [0.1, 0.15) is 61.7 Å². The highest BCUT2D eigenvalue weighted by Crippen LogP contribution is 2.64. The van der Waals surface area contributed by atoms with Gasteiger partial charge in [-0.1, -0.05) is 22.4 Å². The summed E-state index contributed by atoms with van der Waals surface area (Å²) in [6.45, 7) is 0. The Hall–Kier alpha value is -0.830. The van der Waals surface area contributed by atoms with Gasteiger partial charge in [-0.15, -0.1) is 0 Å². The van der Waals surface area contributed by atoms with Gasteiger partial charge in [-0.3, -0.25) is 0 Å². The van der Waals surface area contributed by atoms with E-state index in [9.17, 15) is 4.79 Å². The quantitative estimate of drug-likeness (QED) is 0.616. The van der Waals surface area contributed by atoms with Crippen molar-refractivity contribution in [2.24, 2.45) is 29.6 Å². The molecule has 0 amide bonds. The van der Waals surface area contributed by atoms with Gasteiger partial charge in [0.1, 0.15) is 5.60 Å². The Kier molecular flexibility index (Phi) is 3.59. The maximum absolute atomic E-state index is 12.9. The van der Waals surface area contributed by atoms with Crippen LogP contribution in [0.4, 0.5) is 0 Å². The predicted octanol–water partition coefficient (Wildman–Crippen LogP) is 5.60. The summed E-state index contributed by atoms with van der Waals surface area (Å²) < 4.78 is 7.44. The summed E-state index contributed by atoms with van der Waals surface area (Å²) in [5, 5.41) is 0. The normalized spacial score (nSPS) is 42.6. The summed E-state index contributed by atoms with van der Waals surface area (Å²) in [5.74, 6) is 3.77. The molecule has 2 nitrogen and oxygen atoms in total. The van der Waals surface area contributed by atoms with E-state index in [4.69, 9.17) is 4.74 Å². The SMILES string of the molecule is O=C(O[C@@]12CC[C@H]3CC[C@@H]([C@H]4CC[C@H]1C4)[C@H]2C3)c1ccc(Br)cc1. The smallest absolute Gasteiger partial charge is 0.338 e. The minimum absolute atomic E-state index is 0.101. The molecule has 4 aliphatic carbocycles. The molecular formula is C21H25BrO2. The Labute approximate surface area is 152 Å². The summed E-state index contributed by atoms with van der Waals surface area (Å²) in [6.07, 6.45) is 10.4. The number of hydrogen-bond acceptors (Lipinski definition) is 2. The molecule has 3 heteroatoms. The molecule has 1 aromatic carbocycles. The van der Waals surface area contributed by atoms with Crippen LogP contribution in [0, 0.1) is 29.6 Å². The van der Waals surface area contributed by atoms with E-state index >= 15 is 0 Å². The zero-order valence-corrected chi connectivity index (χ0v) is 15.6. The van der Waals surface area contributed by atoms with Gasteiger partial charge in [-0.05, 0) is 92.9 Å². The van der Waals surface area contributed by atoms with Crippen molar-refractivity contribution < 1.29 is 9.53 Å². The third-order valence-corrected chi connectivity index (χ3v) is 8.24. The predicted molar refractivity (Wildman–Crippen MR) is 96.7 cm³/mol. The molecule has 4 fully saturated rings. The van der Waals surface area contributed by atoms with Gasteiger partial charge in [-0.2, -0.15) is 0 Å². The van der Waals surface area contributed by atoms with Crippen LogP contribution in [-0.4, -0.2) is 11.6 Å². The van der Waals surface area contributed by atoms with Gasteiger partial charge in [0, 0.05) is 10.4 Å². The molecule has 0 spiro atoms. The van der Waals surface area contributed by atoms with E-state index in [1.165, 1.54) is 44.9 Å². The topological polar surface area (TPSA) is 26.3 Å². The first-order chi connectivity index (χ1) is 11.7. The van der Waals surface area contributed by atoms with Crippen LogP contribution in [0.2, 0.25) is 0 Å². The maximum atomic E-state index is 12.9. The van der Waals surface area contributed by atoms with Crippen LogP contribution in [0.3, 0.4) is 0 Å². The molecule has 0 radical (unpaired) electrons. The molecule has 0 saturated heterocycles. The van der Waals surface area contributed by atoms with E-state index < -0.39 is 0 Å². The second-order valence-electron chi connectivity index (χ2n) is 8.61. The summed E-state index contributed by atoms with van der Waals surface area (Å²) in [7, 11) is 0. The van der Waals surface area contributed by atoms with Gasteiger partial charge < -0.3 is 4.74 Å².